The Morgan fingerprint density at radius 3 is 2.44 bits per heavy atom. The predicted molar refractivity (Wildman–Crippen MR) is 123 cm³/mol. The second-order valence-electron chi connectivity index (χ2n) is 8.13. The largest absolute Gasteiger partial charge is 0.455 e. The lowest BCUT2D eigenvalue weighted by atomic mass is 9.98. The Kier molecular flexibility index (Phi) is 7.69. The van der Waals surface area contributed by atoms with Crippen molar-refractivity contribution in [3.8, 4) is 0 Å². The van der Waals surface area contributed by atoms with Gasteiger partial charge < -0.3 is 10.1 Å². The Morgan fingerprint density at radius 1 is 1.06 bits per heavy atom. The van der Waals surface area contributed by atoms with Crippen LogP contribution in [0.4, 0.5) is 5.69 Å². The van der Waals surface area contributed by atoms with Crippen LogP contribution in [-0.2, 0) is 30.8 Å². The minimum Gasteiger partial charge on any atom is -0.455 e. The van der Waals surface area contributed by atoms with Gasteiger partial charge in [-0.25, -0.2) is 8.42 Å². The van der Waals surface area contributed by atoms with E-state index in [0.29, 0.717) is 18.5 Å². The maximum Gasteiger partial charge on any atom is 0.309 e. The van der Waals surface area contributed by atoms with Gasteiger partial charge in [-0.05, 0) is 74.1 Å². The van der Waals surface area contributed by atoms with E-state index in [1.807, 2.05) is 39.0 Å². The molecule has 7 nitrogen and oxygen atoms in total. The lowest BCUT2D eigenvalue weighted by Gasteiger charge is -2.30. The lowest BCUT2D eigenvalue weighted by Crippen LogP contribution is -2.41. The number of sulfonamides is 1. The fourth-order valence-corrected chi connectivity index (χ4v) is 5.23. The molecule has 2 aromatic carbocycles. The van der Waals surface area contributed by atoms with E-state index in [-0.39, 0.29) is 24.6 Å². The molecule has 1 aliphatic heterocycles. The van der Waals surface area contributed by atoms with Crippen molar-refractivity contribution >= 4 is 27.6 Å². The molecular weight excluding hydrogens is 428 g/mol. The van der Waals surface area contributed by atoms with Crippen LogP contribution in [0.25, 0.3) is 0 Å². The number of piperidine rings is 1. The molecule has 2 aromatic rings. The van der Waals surface area contributed by atoms with Crippen LogP contribution >= 0.6 is 0 Å². The van der Waals surface area contributed by atoms with Crippen LogP contribution in [0.15, 0.2) is 47.4 Å². The number of amides is 1. The Bertz CT molecular complexity index is 1090. The predicted octanol–water partition coefficient (Wildman–Crippen LogP) is 3.45. The SMILES string of the molecule is CCc1cccc(NC(=O)COC(=O)C2CCN(S(=O)(=O)c3ccc(C)c(C)c3)CC2)c1. The topological polar surface area (TPSA) is 92.8 Å². The molecule has 8 heteroatoms. The summed E-state index contributed by atoms with van der Waals surface area (Å²) in [5, 5.41) is 2.72. The average Bonchev–Trinajstić information content (AvgIpc) is 2.79. The number of ether oxygens (including phenoxy) is 1. The first-order valence-corrected chi connectivity index (χ1v) is 12.3. The average molecular weight is 459 g/mol. The van der Waals surface area contributed by atoms with E-state index in [1.54, 1.807) is 24.3 Å². The third-order valence-corrected chi connectivity index (χ3v) is 7.76. The molecule has 172 valence electrons. The van der Waals surface area contributed by atoms with Gasteiger partial charge in [-0.1, -0.05) is 25.1 Å². The molecule has 1 fully saturated rings. The number of hydrogen-bond acceptors (Lipinski definition) is 5. The summed E-state index contributed by atoms with van der Waals surface area (Å²) in [6.07, 6.45) is 1.59. The lowest BCUT2D eigenvalue weighted by molar-refractivity contribution is -0.152. The minimum atomic E-state index is -3.60. The molecular formula is C24H30N2O5S. The third kappa shape index (κ3) is 5.75. The summed E-state index contributed by atoms with van der Waals surface area (Å²) in [5.41, 5.74) is 3.72. The van der Waals surface area contributed by atoms with E-state index in [1.165, 1.54) is 4.31 Å². The first kappa shape index (κ1) is 23.9. The number of benzene rings is 2. The van der Waals surface area contributed by atoms with E-state index >= 15 is 0 Å². The normalized spacial score (nSPS) is 15.3. The van der Waals surface area contributed by atoms with Crippen LogP contribution in [0, 0.1) is 19.8 Å². The van der Waals surface area contributed by atoms with Gasteiger partial charge in [-0.2, -0.15) is 4.31 Å². The number of hydrogen-bond donors (Lipinski definition) is 1. The molecule has 1 N–H and O–H groups in total. The molecule has 32 heavy (non-hydrogen) atoms. The maximum absolute atomic E-state index is 12.9. The number of esters is 1. The highest BCUT2D eigenvalue weighted by Crippen LogP contribution is 2.25. The van der Waals surface area contributed by atoms with Gasteiger partial charge in [0.1, 0.15) is 0 Å². The van der Waals surface area contributed by atoms with Crippen molar-refractivity contribution in [3.05, 3.63) is 59.2 Å². The van der Waals surface area contributed by atoms with Crippen molar-refractivity contribution in [2.24, 2.45) is 5.92 Å². The molecule has 0 aliphatic carbocycles. The molecule has 0 saturated carbocycles. The number of aryl methyl sites for hydroxylation is 3. The van der Waals surface area contributed by atoms with Gasteiger partial charge in [-0.3, -0.25) is 9.59 Å². The standard InChI is InChI=1S/C24H30N2O5S/c1-4-19-6-5-7-21(15-19)25-23(27)16-31-24(28)20-10-12-26(13-11-20)32(29,30)22-9-8-17(2)18(3)14-22/h5-9,14-15,20H,4,10-13,16H2,1-3H3,(H,25,27). The monoisotopic (exact) mass is 458 g/mol. The van der Waals surface area contributed by atoms with E-state index < -0.39 is 27.8 Å². The summed E-state index contributed by atoms with van der Waals surface area (Å²) in [6, 6.07) is 12.6. The van der Waals surface area contributed by atoms with Crippen molar-refractivity contribution in [2.75, 3.05) is 25.0 Å². The number of nitrogens with one attached hydrogen (secondary N) is 1. The van der Waals surface area contributed by atoms with Gasteiger partial charge in [0.05, 0.1) is 10.8 Å². The zero-order valence-electron chi connectivity index (χ0n) is 18.8. The molecule has 0 aromatic heterocycles. The second-order valence-corrected chi connectivity index (χ2v) is 10.1. The summed E-state index contributed by atoms with van der Waals surface area (Å²) >= 11 is 0. The van der Waals surface area contributed by atoms with Crippen molar-refractivity contribution in [3.63, 3.8) is 0 Å². The van der Waals surface area contributed by atoms with Gasteiger partial charge in [-0.15, -0.1) is 0 Å². The third-order valence-electron chi connectivity index (χ3n) is 5.87. The summed E-state index contributed by atoms with van der Waals surface area (Å²) in [5.74, 6) is -1.29. The van der Waals surface area contributed by atoms with Crippen LogP contribution < -0.4 is 5.32 Å². The van der Waals surface area contributed by atoms with Gasteiger partial charge in [0, 0.05) is 18.8 Å². The first-order chi connectivity index (χ1) is 15.2. The molecule has 0 unspecified atom stereocenters. The Balaban J connectivity index is 1.49. The zero-order valence-corrected chi connectivity index (χ0v) is 19.6. The van der Waals surface area contributed by atoms with Gasteiger partial charge >= 0.3 is 5.97 Å². The summed E-state index contributed by atoms with van der Waals surface area (Å²) in [7, 11) is -3.60. The molecule has 0 spiro atoms. The Morgan fingerprint density at radius 2 is 1.78 bits per heavy atom. The van der Waals surface area contributed by atoms with Crippen molar-refractivity contribution in [1.82, 2.24) is 4.31 Å². The molecule has 0 radical (unpaired) electrons. The molecule has 3 rings (SSSR count). The summed E-state index contributed by atoms with van der Waals surface area (Å²) in [6.45, 7) is 5.96. The number of nitrogens with zero attached hydrogens (tertiary/aromatic N) is 1. The van der Waals surface area contributed by atoms with Crippen molar-refractivity contribution < 1.29 is 22.7 Å². The Hall–Kier alpha value is -2.71. The molecule has 0 atom stereocenters. The maximum atomic E-state index is 12.9. The summed E-state index contributed by atoms with van der Waals surface area (Å²) < 4.78 is 32.4. The smallest absolute Gasteiger partial charge is 0.309 e. The van der Waals surface area contributed by atoms with E-state index in [2.05, 4.69) is 5.32 Å². The van der Waals surface area contributed by atoms with Crippen LogP contribution in [0.1, 0.15) is 36.5 Å². The Labute approximate surface area is 189 Å². The van der Waals surface area contributed by atoms with Crippen LogP contribution in [0.5, 0.6) is 0 Å². The van der Waals surface area contributed by atoms with Crippen molar-refractivity contribution in [1.29, 1.82) is 0 Å². The molecule has 0 bridgehead atoms. The van der Waals surface area contributed by atoms with E-state index in [9.17, 15) is 18.0 Å². The van der Waals surface area contributed by atoms with Gasteiger partial charge in [0.2, 0.25) is 10.0 Å². The molecule has 1 amide bonds. The van der Waals surface area contributed by atoms with E-state index in [4.69, 9.17) is 4.74 Å². The van der Waals surface area contributed by atoms with Gasteiger partial charge in [0.15, 0.2) is 6.61 Å². The minimum absolute atomic E-state index is 0.241. The highest BCUT2D eigenvalue weighted by atomic mass is 32.2. The second kappa shape index (κ2) is 10.3. The number of carbonyl (C=O) groups is 2. The van der Waals surface area contributed by atoms with Crippen LogP contribution in [0.3, 0.4) is 0 Å². The number of rotatable bonds is 7. The highest BCUT2D eigenvalue weighted by Gasteiger charge is 2.33. The van der Waals surface area contributed by atoms with Crippen molar-refractivity contribution in [2.45, 2.75) is 44.9 Å². The van der Waals surface area contributed by atoms with Crippen LogP contribution in [0.2, 0.25) is 0 Å². The quantitative estimate of drug-likeness (QED) is 0.642. The number of anilines is 1. The van der Waals surface area contributed by atoms with Gasteiger partial charge in [0.25, 0.3) is 5.91 Å². The molecule has 1 saturated heterocycles. The van der Waals surface area contributed by atoms with Crippen LogP contribution in [-0.4, -0.2) is 44.3 Å². The highest BCUT2D eigenvalue weighted by molar-refractivity contribution is 7.89. The molecule has 1 aliphatic rings. The summed E-state index contributed by atoms with van der Waals surface area (Å²) in [4.78, 5) is 24.8. The first-order valence-electron chi connectivity index (χ1n) is 10.8. The molecule has 1 heterocycles. The fraction of sp³-hybridized carbons (Fsp3) is 0.417. The fourth-order valence-electron chi connectivity index (χ4n) is 3.68. The van der Waals surface area contributed by atoms with E-state index in [0.717, 1.165) is 23.1 Å². The number of carbonyl (C=O) groups excluding carboxylic acids is 2. The zero-order chi connectivity index (χ0) is 23.3.